The van der Waals surface area contributed by atoms with Crippen molar-refractivity contribution in [3.63, 3.8) is 0 Å². The Morgan fingerprint density at radius 2 is 1.90 bits per heavy atom. The third-order valence-corrected chi connectivity index (χ3v) is 3.30. The molecule has 5 N–H and O–H groups in total. The number of amides is 1. The van der Waals surface area contributed by atoms with Gasteiger partial charge >= 0.3 is 0 Å². The van der Waals surface area contributed by atoms with Crippen molar-refractivity contribution in [3.8, 4) is 0 Å². The van der Waals surface area contributed by atoms with Gasteiger partial charge in [0.1, 0.15) is 6.04 Å². The van der Waals surface area contributed by atoms with Crippen molar-refractivity contribution in [3.05, 3.63) is 64.7 Å². The molecule has 0 heterocycles. The van der Waals surface area contributed by atoms with E-state index < -0.39 is 6.04 Å². The minimum absolute atomic E-state index is 0.232. The van der Waals surface area contributed by atoms with Gasteiger partial charge in [0.2, 0.25) is 5.91 Å². The summed E-state index contributed by atoms with van der Waals surface area (Å²) in [6.45, 7) is 0.360. The van der Waals surface area contributed by atoms with Crippen molar-refractivity contribution in [2.24, 2.45) is 5.73 Å². The van der Waals surface area contributed by atoms with Gasteiger partial charge in [0.15, 0.2) is 0 Å². The highest BCUT2D eigenvalue weighted by atomic mass is 35.5. The first-order valence-electron chi connectivity index (χ1n) is 6.20. The summed E-state index contributed by atoms with van der Waals surface area (Å²) in [6.07, 6.45) is 0. The van der Waals surface area contributed by atoms with E-state index in [9.17, 15) is 4.79 Å². The molecule has 0 spiro atoms. The summed E-state index contributed by atoms with van der Waals surface area (Å²) in [5, 5.41) is 3.26. The number of halogens is 1. The van der Waals surface area contributed by atoms with E-state index in [0.717, 1.165) is 11.1 Å². The number of nitrogens with two attached hydrogens (primary N) is 2. The fourth-order valence-corrected chi connectivity index (χ4v) is 1.99. The van der Waals surface area contributed by atoms with Crippen molar-refractivity contribution in [2.45, 2.75) is 12.6 Å². The van der Waals surface area contributed by atoms with Crippen LogP contribution in [0.2, 0.25) is 5.02 Å². The van der Waals surface area contributed by atoms with Crippen LogP contribution in [0.1, 0.15) is 17.2 Å². The number of rotatable bonds is 4. The van der Waals surface area contributed by atoms with Gasteiger partial charge in [0.25, 0.3) is 0 Å². The molecule has 5 heteroatoms. The second kappa shape index (κ2) is 6.41. The van der Waals surface area contributed by atoms with Crippen molar-refractivity contribution in [2.75, 3.05) is 5.73 Å². The first kappa shape index (κ1) is 14.4. The molecule has 2 aromatic carbocycles. The molecule has 0 aromatic heterocycles. The third kappa shape index (κ3) is 3.50. The lowest BCUT2D eigenvalue weighted by Gasteiger charge is -2.13. The predicted molar refractivity (Wildman–Crippen MR) is 81.1 cm³/mol. The second-order valence-electron chi connectivity index (χ2n) is 4.46. The fraction of sp³-hybridized carbons (Fsp3) is 0.133. The smallest absolute Gasteiger partial charge is 0.241 e. The van der Waals surface area contributed by atoms with Gasteiger partial charge in [0.05, 0.1) is 10.7 Å². The van der Waals surface area contributed by atoms with Gasteiger partial charge in [-0.1, -0.05) is 48.0 Å². The van der Waals surface area contributed by atoms with E-state index in [1.165, 1.54) is 0 Å². The second-order valence-corrected chi connectivity index (χ2v) is 4.87. The van der Waals surface area contributed by atoms with E-state index in [2.05, 4.69) is 5.32 Å². The normalized spacial score (nSPS) is 11.9. The van der Waals surface area contributed by atoms with E-state index in [-0.39, 0.29) is 5.91 Å². The fourth-order valence-electron chi connectivity index (χ4n) is 1.79. The minimum atomic E-state index is -0.680. The summed E-state index contributed by atoms with van der Waals surface area (Å²) in [4.78, 5) is 12.0. The zero-order chi connectivity index (χ0) is 14.5. The molecular weight excluding hydrogens is 274 g/mol. The molecule has 0 radical (unpaired) electrons. The van der Waals surface area contributed by atoms with Gasteiger partial charge in [-0.05, 0) is 23.3 Å². The topological polar surface area (TPSA) is 81.1 Å². The van der Waals surface area contributed by atoms with Gasteiger partial charge in [-0.15, -0.1) is 0 Å². The molecular formula is C15H16ClN3O. The first-order valence-corrected chi connectivity index (χ1v) is 6.58. The Hall–Kier alpha value is -2.04. The highest BCUT2D eigenvalue weighted by molar-refractivity contribution is 6.33. The molecule has 0 bridgehead atoms. The SMILES string of the molecule is Nc1ccc(CNC(=O)C(N)c2ccccc2)cc1Cl. The molecule has 2 aromatic rings. The van der Waals surface area contributed by atoms with Crippen LogP contribution < -0.4 is 16.8 Å². The number of nitrogen functional groups attached to an aromatic ring is 1. The largest absolute Gasteiger partial charge is 0.398 e. The quantitative estimate of drug-likeness (QED) is 0.755. The van der Waals surface area contributed by atoms with Crippen molar-refractivity contribution >= 4 is 23.2 Å². The molecule has 1 amide bonds. The summed E-state index contributed by atoms with van der Waals surface area (Å²) in [6, 6.07) is 13.8. The van der Waals surface area contributed by atoms with Crippen LogP contribution in [-0.2, 0) is 11.3 Å². The standard InChI is InChI=1S/C15H16ClN3O/c16-12-8-10(6-7-13(12)17)9-19-15(20)14(18)11-4-2-1-3-5-11/h1-8,14H,9,17-18H2,(H,19,20). The Labute approximate surface area is 122 Å². The lowest BCUT2D eigenvalue weighted by Crippen LogP contribution is -2.33. The Kier molecular flexibility index (Phi) is 4.61. The van der Waals surface area contributed by atoms with Crippen LogP contribution in [0.4, 0.5) is 5.69 Å². The molecule has 4 nitrogen and oxygen atoms in total. The van der Waals surface area contributed by atoms with E-state index in [0.29, 0.717) is 17.3 Å². The minimum Gasteiger partial charge on any atom is -0.398 e. The molecule has 0 aliphatic carbocycles. The van der Waals surface area contributed by atoms with Crippen LogP contribution in [0.3, 0.4) is 0 Å². The summed E-state index contributed by atoms with van der Waals surface area (Å²) in [5.74, 6) is -0.232. The van der Waals surface area contributed by atoms with Crippen molar-refractivity contribution in [1.82, 2.24) is 5.32 Å². The average molecular weight is 290 g/mol. The molecule has 0 saturated carbocycles. The number of hydrogen-bond acceptors (Lipinski definition) is 3. The molecule has 2 rings (SSSR count). The highest BCUT2D eigenvalue weighted by Crippen LogP contribution is 2.19. The lowest BCUT2D eigenvalue weighted by molar-refractivity contribution is -0.122. The lowest BCUT2D eigenvalue weighted by atomic mass is 10.1. The van der Waals surface area contributed by atoms with Crippen LogP contribution in [0.5, 0.6) is 0 Å². The van der Waals surface area contributed by atoms with E-state index in [1.807, 2.05) is 36.4 Å². The summed E-state index contributed by atoms with van der Waals surface area (Å²) in [5.41, 5.74) is 13.7. The molecule has 1 unspecified atom stereocenters. The van der Waals surface area contributed by atoms with Crippen LogP contribution in [0, 0.1) is 0 Å². The molecule has 0 fully saturated rings. The summed E-state index contributed by atoms with van der Waals surface area (Å²) in [7, 11) is 0. The number of anilines is 1. The Balaban J connectivity index is 1.96. The highest BCUT2D eigenvalue weighted by Gasteiger charge is 2.14. The number of carbonyl (C=O) groups excluding carboxylic acids is 1. The maximum atomic E-state index is 12.0. The summed E-state index contributed by atoms with van der Waals surface area (Å²) >= 11 is 5.93. The molecule has 1 atom stereocenters. The zero-order valence-corrected chi connectivity index (χ0v) is 11.6. The Bertz CT molecular complexity index is 601. The average Bonchev–Trinajstić information content (AvgIpc) is 2.48. The van der Waals surface area contributed by atoms with Crippen molar-refractivity contribution in [1.29, 1.82) is 0 Å². The summed E-state index contributed by atoms with van der Waals surface area (Å²) < 4.78 is 0. The molecule has 0 saturated heterocycles. The van der Waals surface area contributed by atoms with E-state index >= 15 is 0 Å². The van der Waals surface area contributed by atoms with Crippen molar-refractivity contribution < 1.29 is 4.79 Å². The number of nitrogens with one attached hydrogen (secondary N) is 1. The molecule has 20 heavy (non-hydrogen) atoms. The van der Waals surface area contributed by atoms with Gasteiger partial charge in [0, 0.05) is 6.54 Å². The van der Waals surface area contributed by atoms with Crippen LogP contribution in [-0.4, -0.2) is 5.91 Å². The molecule has 104 valence electrons. The van der Waals surface area contributed by atoms with Crippen LogP contribution in [0.25, 0.3) is 0 Å². The zero-order valence-electron chi connectivity index (χ0n) is 10.8. The van der Waals surface area contributed by atoms with Gasteiger partial charge in [-0.25, -0.2) is 0 Å². The number of benzene rings is 2. The maximum absolute atomic E-state index is 12.0. The first-order chi connectivity index (χ1) is 9.58. The van der Waals surface area contributed by atoms with E-state index in [1.54, 1.807) is 12.1 Å². The van der Waals surface area contributed by atoms with Gasteiger partial charge in [-0.2, -0.15) is 0 Å². The predicted octanol–water partition coefficient (Wildman–Crippen LogP) is 2.24. The van der Waals surface area contributed by atoms with Gasteiger partial charge < -0.3 is 16.8 Å². The van der Waals surface area contributed by atoms with E-state index in [4.69, 9.17) is 23.1 Å². The maximum Gasteiger partial charge on any atom is 0.241 e. The number of carbonyl (C=O) groups is 1. The number of hydrogen-bond donors (Lipinski definition) is 3. The Morgan fingerprint density at radius 1 is 1.20 bits per heavy atom. The molecule has 0 aliphatic heterocycles. The van der Waals surface area contributed by atoms with Crippen LogP contribution >= 0.6 is 11.6 Å². The third-order valence-electron chi connectivity index (χ3n) is 2.97. The Morgan fingerprint density at radius 3 is 2.55 bits per heavy atom. The molecule has 0 aliphatic rings. The van der Waals surface area contributed by atoms with Gasteiger partial charge in [-0.3, -0.25) is 4.79 Å². The van der Waals surface area contributed by atoms with Crippen LogP contribution in [0.15, 0.2) is 48.5 Å². The monoisotopic (exact) mass is 289 g/mol.